The Balaban J connectivity index is 3.13. The molecule has 0 heterocycles. The smallest absolute Gasteiger partial charge is 0.378 e. The monoisotopic (exact) mass is 280 g/mol. The Labute approximate surface area is 116 Å². The van der Waals surface area contributed by atoms with Gasteiger partial charge in [-0.25, -0.2) is 4.79 Å². The predicted molar refractivity (Wildman–Crippen MR) is 75.2 cm³/mol. The van der Waals surface area contributed by atoms with Crippen LogP contribution in [0.25, 0.3) is 5.76 Å². The van der Waals surface area contributed by atoms with Crippen LogP contribution in [0, 0.1) is 6.92 Å². The zero-order valence-electron chi connectivity index (χ0n) is 11.1. The molecule has 0 atom stereocenters. The van der Waals surface area contributed by atoms with Gasteiger partial charge < -0.3 is 9.84 Å². The minimum Gasteiger partial charge on any atom is -0.507 e. The second kappa shape index (κ2) is 6.99. The Kier molecular flexibility index (Phi) is 5.63. The van der Waals surface area contributed by atoms with Gasteiger partial charge >= 0.3 is 5.97 Å². The van der Waals surface area contributed by atoms with Crippen LogP contribution in [0.2, 0.25) is 0 Å². The summed E-state index contributed by atoms with van der Waals surface area (Å²) in [5.74, 6) is -1.26. The average molecular weight is 280 g/mol. The molecule has 0 spiro atoms. The molecule has 102 valence electrons. The van der Waals surface area contributed by atoms with Gasteiger partial charge in [-0.15, -0.1) is 11.8 Å². The molecule has 0 aliphatic carbocycles. The van der Waals surface area contributed by atoms with E-state index in [0.29, 0.717) is 5.56 Å². The van der Waals surface area contributed by atoms with Gasteiger partial charge in [0.15, 0.2) is 0 Å². The lowest BCUT2D eigenvalue weighted by Crippen LogP contribution is -2.13. The van der Waals surface area contributed by atoms with Crippen LogP contribution in [-0.2, 0) is 14.3 Å². The summed E-state index contributed by atoms with van der Waals surface area (Å²) in [6, 6.07) is 5.58. The third-order valence-corrected chi connectivity index (χ3v) is 3.32. The zero-order chi connectivity index (χ0) is 14.4. The lowest BCUT2D eigenvalue weighted by atomic mass is 10.1. The van der Waals surface area contributed by atoms with Crippen LogP contribution in [0.3, 0.4) is 0 Å². The van der Waals surface area contributed by atoms with E-state index in [4.69, 9.17) is 0 Å². The van der Waals surface area contributed by atoms with Gasteiger partial charge in [0.1, 0.15) is 5.76 Å². The Morgan fingerprint density at radius 3 is 2.68 bits per heavy atom. The number of aliphatic hydroxyl groups is 1. The molecule has 1 aromatic carbocycles. The van der Waals surface area contributed by atoms with Gasteiger partial charge in [0.25, 0.3) is 5.78 Å². The standard InChI is InChI=1S/C14H16O4S/c1-4-19-13-6-5-9(2)7-10(13)11(15)8-12(16)14(17)18-3/h5-8,15H,4H2,1-3H3/b11-8-. The van der Waals surface area contributed by atoms with Crippen LogP contribution in [0.4, 0.5) is 0 Å². The summed E-state index contributed by atoms with van der Waals surface area (Å²) in [4.78, 5) is 23.3. The second-order valence-corrected chi connectivity index (χ2v) is 5.12. The molecule has 0 aliphatic rings. The summed E-state index contributed by atoms with van der Waals surface area (Å²) in [7, 11) is 1.12. The molecule has 0 fully saturated rings. The lowest BCUT2D eigenvalue weighted by molar-refractivity contribution is -0.149. The van der Waals surface area contributed by atoms with E-state index in [1.807, 2.05) is 26.0 Å². The van der Waals surface area contributed by atoms with Crippen LogP contribution in [-0.4, -0.2) is 29.7 Å². The van der Waals surface area contributed by atoms with Crippen molar-refractivity contribution < 1.29 is 19.4 Å². The first-order valence-electron chi connectivity index (χ1n) is 5.76. The van der Waals surface area contributed by atoms with Gasteiger partial charge in [0.05, 0.1) is 7.11 Å². The van der Waals surface area contributed by atoms with E-state index in [9.17, 15) is 14.7 Å². The Hall–Kier alpha value is -1.75. The van der Waals surface area contributed by atoms with E-state index in [-0.39, 0.29) is 5.76 Å². The summed E-state index contributed by atoms with van der Waals surface area (Å²) in [5, 5.41) is 9.99. The van der Waals surface area contributed by atoms with E-state index in [2.05, 4.69) is 4.74 Å². The van der Waals surface area contributed by atoms with E-state index in [1.165, 1.54) is 0 Å². The molecular weight excluding hydrogens is 264 g/mol. The molecule has 19 heavy (non-hydrogen) atoms. The minimum atomic E-state index is -0.996. The lowest BCUT2D eigenvalue weighted by Gasteiger charge is -2.08. The zero-order valence-corrected chi connectivity index (χ0v) is 11.9. The number of carbonyl (C=O) groups excluding carboxylic acids is 2. The Bertz CT molecular complexity index is 520. The van der Waals surface area contributed by atoms with Gasteiger partial charge in [-0.05, 0) is 24.8 Å². The number of carbonyl (C=O) groups is 2. The van der Waals surface area contributed by atoms with E-state index >= 15 is 0 Å². The summed E-state index contributed by atoms with van der Waals surface area (Å²) in [6.07, 6.45) is 0.889. The highest BCUT2D eigenvalue weighted by Crippen LogP contribution is 2.28. The van der Waals surface area contributed by atoms with Crippen molar-refractivity contribution in [2.45, 2.75) is 18.7 Å². The minimum absolute atomic E-state index is 0.227. The van der Waals surface area contributed by atoms with Crippen molar-refractivity contribution in [2.75, 3.05) is 12.9 Å². The van der Waals surface area contributed by atoms with Crippen LogP contribution in [0.5, 0.6) is 0 Å². The molecule has 0 amide bonds. The number of benzene rings is 1. The third kappa shape index (κ3) is 4.13. The molecule has 0 unspecified atom stereocenters. The maximum Gasteiger partial charge on any atom is 0.378 e. The first-order chi connectivity index (χ1) is 8.99. The van der Waals surface area contributed by atoms with Crippen molar-refractivity contribution in [3.63, 3.8) is 0 Å². The number of ether oxygens (including phenoxy) is 1. The first kappa shape index (κ1) is 15.3. The van der Waals surface area contributed by atoms with Crippen LogP contribution in [0.15, 0.2) is 29.2 Å². The Morgan fingerprint density at radius 2 is 2.11 bits per heavy atom. The quantitative estimate of drug-likeness (QED) is 0.295. The molecule has 0 saturated heterocycles. The molecular formula is C14H16O4S. The highest BCUT2D eigenvalue weighted by molar-refractivity contribution is 7.99. The fourth-order valence-electron chi connectivity index (χ4n) is 1.49. The number of aryl methyl sites for hydroxylation is 1. The summed E-state index contributed by atoms with van der Waals surface area (Å²) in [6.45, 7) is 3.88. The van der Waals surface area contributed by atoms with Gasteiger partial charge in [0.2, 0.25) is 0 Å². The average Bonchev–Trinajstić information content (AvgIpc) is 2.39. The topological polar surface area (TPSA) is 63.6 Å². The number of hydrogen-bond donors (Lipinski definition) is 1. The predicted octanol–water partition coefficient (Wildman–Crippen LogP) is 2.75. The fourth-order valence-corrected chi connectivity index (χ4v) is 2.28. The molecule has 0 radical (unpaired) electrons. The van der Waals surface area contributed by atoms with Crippen molar-refractivity contribution in [1.29, 1.82) is 0 Å². The van der Waals surface area contributed by atoms with E-state index in [1.54, 1.807) is 17.8 Å². The van der Waals surface area contributed by atoms with Gasteiger partial charge in [-0.2, -0.15) is 0 Å². The number of thioether (sulfide) groups is 1. The van der Waals surface area contributed by atoms with Crippen molar-refractivity contribution in [2.24, 2.45) is 0 Å². The number of esters is 1. The number of aliphatic hydroxyl groups excluding tert-OH is 1. The highest BCUT2D eigenvalue weighted by Gasteiger charge is 2.14. The molecule has 1 rings (SSSR count). The highest BCUT2D eigenvalue weighted by atomic mass is 32.2. The maximum atomic E-state index is 11.4. The van der Waals surface area contributed by atoms with Crippen LogP contribution in [0.1, 0.15) is 18.1 Å². The van der Waals surface area contributed by atoms with Gasteiger partial charge in [0, 0.05) is 16.5 Å². The maximum absolute atomic E-state index is 11.4. The number of ketones is 1. The molecule has 0 saturated carbocycles. The Morgan fingerprint density at radius 1 is 1.42 bits per heavy atom. The summed E-state index contributed by atoms with van der Waals surface area (Å²) >= 11 is 1.55. The fraction of sp³-hybridized carbons (Fsp3) is 0.286. The molecule has 0 aliphatic heterocycles. The van der Waals surface area contributed by atoms with Crippen LogP contribution < -0.4 is 0 Å². The third-order valence-electron chi connectivity index (χ3n) is 2.37. The second-order valence-electron chi connectivity index (χ2n) is 3.82. The van der Waals surface area contributed by atoms with Gasteiger partial charge in [-0.3, -0.25) is 4.79 Å². The van der Waals surface area contributed by atoms with Gasteiger partial charge in [-0.1, -0.05) is 18.6 Å². The van der Waals surface area contributed by atoms with Crippen molar-refractivity contribution >= 4 is 29.3 Å². The van der Waals surface area contributed by atoms with Crippen molar-refractivity contribution in [3.05, 3.63) is 35.4 Å². The molecule has 5 heteroatoms. The molecule has 4 nitrogen and oxygen atoms in total. The summed E-state index contributed by atoms with van der Waals surface area (Å²) < 4.78 is 4.30. The molecule has 0 bridgehead atoms. The SMILES string of the molecule is CCSc1ccc(C)cc1/C(O)=C/C(=O)C(=O)OC. The number of hydrogen-bond acceptors (Lipinski definition) is 5. The van der Waals surface area contributed by atoms with Crippen molar-refractivity contribution in [3.8, 4) is 0 Å². The summed E-state index contributed by atoms with van der Waals surface area (Å²) in [5.41, 5.74) is 1.50. The van der Waals surface area contributed by atoms with Crippen LogP contribution >= 0.6 is 11.8 Å². The number of rotatable bonds is 5. The van der Waals surface area contributed by atoms with Crippen molar-refractivity contribution in [1.82, 2.24) is 0 Å². The molecule has 0 aromatic heterocycles. The largest absolute Gasteiger partial charge is 0.507 e. The normalized spacial score (nSPS) is 11.2. The number of methoxy groups -OCH3 is 1. The molecule has 1 N–H and O–H groups in total. The molecule has 1 aromatic rings. The first-order valence-corrected chi connectivity index (χ1v) is 6.75. The van der Waals surface area contributed by atoms with E-state index < -0.39 is 11.8 Å². The van der Waals surface area contributed by atoms with E-state index in [0.717, 1.165) is 29.4 Å².